The van der Waals surface area contributed by atoms with E-state index >= 15 is 0 Å². The smallest absolute Gasteiger partial charge is 0.240 e. The lowest BCUT2D eigenvalue weighted by molar-refractivity contribution is -0.121. The number of benzene rings is 2. The lowest BCUT2D eigenvalue weighted by Gasteiger charge is -2.17. The first-order valence-electron chi connectivity index (χ1n) is 11.4. The first-order valence-corrected chi connectivity index (χ1v) is 12.9. The molecule has 10 heteroatoms. The normalized spacial score (nSPS) is 14.1. The summed E-state index contributed by atoms with van der Waals surface area (Å²) in [4.78, 5) is 12.5. The molecule has 0 bridgehead atoms. The van der Waals surface area contributed by atoms with E-state index in [0.717, 1.165) is 12.0 Å². The molecule has 1 atom stereocenters. The van der Waals surface area contributed by atoms with E-state index in [9.17, 15) is 13.2 Å². The zero-order valence-corrected chi connectivity index (χ0v) is 20.6. The lowest BCUT2D eigenvalue weighted by atomic mass is 10.1. The van der Waals surface area contributed by atoms with Crippen LogP contribution in [0.2, 0.25) is 0 Å². The predicted octanol–water partition coefficient (Wildman–Crippen LogP) is 3.19. The van der Waals surface area contributed by atoms with Gasteiger partial charge in [-0.1, -0.05) is 6.07 Å². The molecule has 3 rings (SSSR count). The molecule has 2 aromatic carbocycles. The summed E-state index contributed by atoms with van der Waals surface area (Å²) in [5.41, 5.74) is 0.855. The van der Waals surface area contributed by atoms with Gasteiger partial charge in [0.25, 0.3) is 0 Å². The van der Waals surface area contributed by atoms with Crippen LogP contribution in [0.15, 0.2) is 41.3 Å². The largest absolute Gasteiger partial charge is 0.490 e. The number of hydrogen-bond donors (Lipinski definition) is 2. The molecule has 9 nitrogen and oxygen atoms in total. The molecule has 0 fully saturated rings. The van der Waals surface area contributed by atoms with Crippen LogP contribution < -0.4 is 29.0 Å². The van der Waals surface area contributed by atoms with E-state index in [0.29, 0.717) is 49.4 Å². The molecular formula is C24H32N2O7S. The molecule has 0 saturated heterocycles. The van der Waals surface area contributed by atoms with Gasteiger partial charge in [-0.25, -0.2) is 13.1 Å². The van der Waals surface area contributed by atoms with Gasteiger partial charge in [0.15, 0.2) is 23.0 Å². The second kappa shape index (κ2) is 11.9. The Morgan fingerprint density at radius 3 is 2.44 bits per heavy atom. The number of fused-ring (bicyclic) bond motifs is 1. The average Bonchev–Trinajstić information content (AvgIpc) is 3.05. The van der Waals surface area contributed by atoms with Crippen LogP contribution >= 0.6 is 0 Å². The van der Waals surface area contributed by atoms with Gasteiger partial charge in [0.1, 0.15) is 0 Å². The standard InChI is InChI=1S/C24H32N2O7S/c1-4-30-20-9-7-18(15-22(20)31-5-2)17(3)26-24(27)11-12-25-34(28,29)19-8-10-21-23(16-19)33-14-6-13-32-21/h7-10,15-17,25H,4-6,11-14H2,1-3H3,(H,26,27). The van der Waals surface area contributed by atoms with Crippen LogP contribution in [0.5, 0.6) is 23.0 Å². The maximum atomic E-state index is 12.6. The fraction of sp³-hybridized carbons (Fsp3) is 0.458. The highest BCUT2D eigenvalue weighted by Gasteiger charge is 2.19. The minimum absolute atomic E-state index is 0.0104. The minimum atomic E-state index is -3.80. The molecular weight excluding hydrogens is 460 g/mol. The van der Waals surface area contributed by atoms with E-state index < -0.39 is 10.0 Å². The van der Waals surface area contributed by atoms with Gasteiger partial charge in [-0.15, -0.1) is 0 Å². The molecule has 0 aromatic heterocycles. The maximum Gasteiger partial charge on any atom is 0.240 e. The highest BCUT2D eigenvalue weighted by molar-refractivity contribution is 7.89. The Bertz CT molecular complexity index is 1090. The second-order valence-electron chi connectivity index (χ2n) is 7.67. The fourth-order valence-corrected chi connectivity index (χ4v) is 4.47. The van der Waals surface area contributed by atoms with Crippen LogP contribution in [-0.2, 0) is 14.8 Å². The van der Waals surface area contributed by atoms with Crippen molar-refractivity contribution >= 4 is 15.9 Å². The predicted molar refractivity (Wildman–Crippen MR) is 127 cm³/mol. The fourth-order valence-electron chi connectivity index (χ4n) is 3.43. The molecule has 0 aliphatic carbocycles. The van der Waals surface area contributed by atoms with Gasteiger partial charge >= 0.3 is 0 Å². The minimum Gasteiger partial charge on any atom is -0.490 e. The van der Waals surface area contributed by atoms with E-state index in [1.54, 1.807) is 6.07 Å². The summed E-state index contributed by atoms with van der Waals surface area (Å²) < 4.78 is 50.1. The number of carbonyl (C=O) groups is 1. The summed E-state index contributed by atoms with van der Waals surface area (Å²) in [7, 11) is -3.80. The molecule has 1 aliphatic heterocycles. The number of sulfonamides is 1. The third-order valence-corrected chi connectivity index (χ3v) is 6.58. The maximum absolute atomic E-state index is 12.6. The molecule has 1 unspecified atom stereocenters. The average molecular weight is 493 g/mol. The van der Waals surface area contributed by atoms with Crippen molar-refractivity contribution in [2.75, 3.05) is 33.0 Å². The molecule has 2 aromatic rings. The highest BCUT2D eigenvalue weighted by Crippen LogP contribution is 2.32. The first-order chi connectivity index (χ1) is 16.3. The van der Waals surface area contributed by atoms with Crippen molar-refractivity contribution in [1.29, 1.82) is 0 Å². The number of rotatable bonds is 11. The number of hydrogen-bond acceptors (Lipinski definition) is 7. The van der Waals surface area contributed by atoms with Gasteiger partial charge in [0.2, 0.25) is 15.9 Å². The van der Waals surface area contributed by atoms with Crippen molar-refractivity contribution in [2.24, 2.45) is 0 Å². The highest BCUT2D eigenvalue weighted by atomic mass is 32.2. The number of carbonyl (C=O) groups excluding carboxylic acids is 1. The molecule has 0 radical (unpaired) electrons. The molecule has 2 N–H and O–H groups in total. The summed E-state index contributed by atoms with van der Waals surface area (Å²) in [5.74, 6) is 1.91. The van der Waals surface area contributed by atoms with E-state index in [2.05, 4.69) is 10.0 Å². The van der Waals surface area contributed by atoms with Crippen molar-refractivity contribution in [3.8, 4) is 23.0 Å². The lowest BCUT2D eigenvalue weighted by Crippen LogP contribution is -2.32. The van der Waals surface area contributed by atoms with Crippen LogP contribution in [0.4, 0.5) is 0 Å². The number of ether oxygens (including phenoxy) is 4. The Morgan fingerprint density at radius 1 is 1.00 bits per heavy atom. The third kappa shape index (κ3) is 6.77. The molecule has 0 saturated carbocycles. The summed E-state index contributed by atoms with van der Waals surface area (Å²) in [6.07, 6.45) is 0.718. The van der Waals surface area contributed by atoms with Gasteiger partial charge < -0.3 is 24.3 Å². The zero-order valence-electron chi connectivity index (χ0n) is 19.8. The Labute approximate surface area is 200 Å². The molecule has 0 spiro atoms. The topological polar surface area (TPSA) is 112 Å². The zero-order chi connectivity index (χ0) is 24.6. The van der Waals surface area contributed by atoms with Crippen molar-refractivity contribution in [3.05, 3.63) is 42.0 Å². The second-order valence-corrected chi connectivity index (χ2v) is 9.44. The van der Waals surface area contributed by atoms with Crippen molar-refractivity contribution < 1.29 is 32.2 Å². The summed E-state index contributed by atoms with van der Waals surface area (Å²) in [6.45, 7) is 7.60. The van der Waals surface area contributed by atoms with Gasteiger partial charge in [-0.3, -0.25) is 4.79 Å². The van der Waals surface area contributed by atoms with E-state index in [1.807, 2.05) is 39.0 Å². The Hall–Kier alpha value is -2.98. The van der Waals surface area contributed by atoms with Crippen LogP contribution in [0.1, 0.15) is 45.2 Å². The quantitative estimate of drug-likeness (QED) is 0.495. The van der Waals surface area contributed by atoms with Crippen molar-refractivity contribution in [1.82, 2.24) is 10.0 Å². The van der Waals surface area contributed by atoms with Crippen molar-refractivity contribution in [3.63, 3.8) is 0 Å². The number of amides is 1. The van der Waals surface area contributed by atoms with Gasteiger partial charge in [0.05, 0.1) is 37.4 Å². The first kappa shape index (κ1) is 25.6. The van der Waals surface area contributed by atoms with Gasteiger partial charge in [-0.05, 0) is 50.6 Å². The summed E-state index contributed by atoms with van der Waals surface area (Å²) >= 11 is 0. The van der Waals surface area contributed by atoms with Crippen molar-refractivity contribution in [2.45, 2.75) is 44.6 Å². The molecule has 1 amide bonds. The van der Waals surface area contributed by atoms with E-state index in [-0.39, 0.29) is 29.8 Å². The molecule has 34 heavy (non-hydrogen) atoms. The van der Waals surface area contributed by atoms with Gasteiger partial charge in [0, 0.05) is 25.5 Å². The molecule has 186 valence electrons. The Balaban J connectivity index is 1.54. The van der Waals surface area contributed by atoms with Crippen LogP contribution in [0, 0.1) is 0 Å². The van der Waals surface area contributed by atoms with E-state index in [1.165, 1.54) is 12.1 Å². The van der Waals surface area contributed by atoms with Crippen LogP contribution in [0.3, 0.4) is 0 Å². The number of nitrogens with one attached hydrogen (secondary N) is 2. The molecule has 1 aliphatic rings. The van der Waals surface area contributed by atoms with Crippen LogP contribution in [0.25, 0.3) is 0 Å². The van der Waals surface area contributed by atoms with Gasteiger partial charge in [-0.2, -0.15) is 0 Å². The van der Waals surface area contributed by atoms with Crippen LogP contribution in [-0.4, -0.2) is 47.3 Å². The Morgan fingerprint density at radius 2 is 1.71 bits per heavy atom. The van der Waals surface area contributed by atoms with E-state index in [4.69, 9.17) is 18.9 Å². The molecule has 1 heterocycles. The third-order valence-electron chi connectivity index (χ3n) is 5.12. The summed E-state index contributed by atoms with van der Waals surface area (Å²) in [6, 6.07) is 9.71. The summed E-state index contributed by atoms with van der Waals surface area (Å²) in [5, 5.41) is 2.88. The SMILES string of the molecule is CCOc1ccc(C(C)NC(=O)CCNS(=O)(=O)c2ccc3c(c2)OCCCO3)cc1OCC. The Kier molecular flexibility index (Phi) is 9.00. The monoisotopic (exact) mass is 492 g/mol.